The first-order valence-corrected chi connectivity index (χ1v) is 9.27. The maximum atomic E-state index is 12.8. The van der Waals surface area contributed by atoms with E-state index in [1.807, 2.05) is 49.0 Å². The molecule has 0 radical (unpaired) electrons. The molecule has 3 aromatic heterocycles. The Morgan fingerprint density at radius 2 is 1.82 bits per heavy atom. The Morgan fingerprint density at radius 3 is 2.57 bits per heavy atom. The quantitative estimate of drug-likeness (QED) is 0.652. The molecule has 4 rings (SSSR count). The second-order valence-corrected chi connectivity index (χ2v) is 7.01. The van der Waals surface area contributed by atoms with Crippen LogP contribution in [0.5, 0.6) is 0 Å². The number of amides is 1. The van der Waals surface area contributed by atoms with Gasteiger partial charge in [0.15, 0.2) is 23.0 Å². The molecule has 0 aliphatic carbocycles. The van der Waals surface area contributed by atoms with Crippen LogP contribution in [0.2, 0.25) is 0 Å². The van der Waals surface area contributed by atoms with Crippen molar-refractivity contribution >= 4 is 23.2 Å². The molecule has 0 unspecified atom stereocenters. The summed E-state index contributed by atoms with van der Waals surface area (Å²) >= 11 is 0. The highest BCUT2D eigenvalue weighted by Gasteiger charge is 2.22. The minimum Gasteiger partial charge on any atom is -0.361 e. The highest BCUT2D eigenvalue weighted by atomic mass is 16.2. The average Bonchev–Trinajstić information content (AvgIpc) is 2.92. The summed E-state index contributed by atoms with van der Waals surface area (Å²) in [5.74, 6) is 2.25. The summed E-state index contributed by atoms with van der Waals surface area (Å²) in [6.07, 6.45) is 0.857. The Balaban J connectivity index is 1.46. The maximum absolute atomic E-state index is 12.8. The zero-order chi connectivity index (χ0) is 19.7. The lowest BCUT2D eigenvalue weighted by atomic mass is 10.3. The fourth-order valence-corrected chi connectivity index (χ4v) is 3.24. The average molecular weight is 381 g/mol. The molecule has 0 atom stereocenters. The number of nitrogens with zero attached hydrogens (tertiary/aromatic N) is 9. The molecule has 1 aliphatic heterocycles. The highest BCUT2D eigenvalue weighted by Crippen LogP contribution is 2.16. The number of aryl methyl sites for hydroxylation is 1. The number of hydrogen-bond donors (Lipinski definition) is 0. The number of carbonyl (C=O) groups is 1. The second-order valence-electron chi connectivity index (χ2n) is 7.01. The van der Waals surface area contributed by atoms with E-state index in [2.05, 4.69) is 30.4 Å². The van der Waals surface area contributed by atoms with Gasteiger partial charge in [-0.15, -0.1) is 25.5 Å². The molecule has 1 aliphatic rings. The van der Waals surface area contributed by atoms with Crippen molar-refractivity contribution in [3.8, 4) is 0 Å². The van der Waals surface area contributed by atoms with Crippen LogP contribution in [0.25, 0.3) is 5.65 Å². The van der Waals surface area contributed by atoms with Crippen LogP contribution in [0.3, 0.4) is 0 Å². The van der Waals surface area contributed by atoms with Gasteiger partial charge in [-0.25, -0.2) is 0 Å². The number of rotatable bonds is 3. The van der Waals surface area contributed by atoms with Crippen molar-refractivity contribution in [2.24, 2.45) is 0 Å². The van der Waals surface area contributed by atoms with Gasteiger partial charge in [0.1, 0.15) is 5.82 Å². The fraction of sp³-hybridized carbons (Fsp3) is 0.444. The van der Waals surface area contributed by atoms with Crippen LogP contribution in [0, 0.1) is 6.92 Å². The Morgan fingerprint density at radius 1 is 0.964 bits per heavy atom. The number of anilines is 2. The molecule has 4 heterocycles. The van der Waals surface area contributed by atoms with Gasteiger partial charge in [-0.3, -0.25) is 4.79 Å². The fourth-order valence-electron chi connectivity index (χ4n) is 3.24. The predicted octanol–water partition coefficient (Wildman–Crippen LogP) is 0.641. The lowest BCUT2D eigenvalue weighted by Crippen LogP contribution is -2.36. The Kier molecular flexibility index (Phi) is 4.76. The summed E-state index contributed by atoms with van der Waals surface area (Å²) < 4.78 is 1.74. The molecule has 0 spiro atoms. The van der Waals surface area contributed by atoms with Crippen molar-refractivity contribution in [1.29, 1.82) is 0 Å². The van der Waals surface area contributed by atoms with Crippen molar-refractivity contribution < 1.29 is 4.79 Å². The van der Waals surface area contributed by atoms with E-state index >= 15 is 0 Å². The van der Waals surface area contributed by atoms with Crippen LogP contribution in [0.1, 0.15) is 22.7 Å². The predicted molar refractivity (Wildman–Crippen MR) is 105 cm³/mol. The van der Waals surface area contributed by atoms with E-state index in [9.17, 15) is 4.79 Å². The summed E-state index contributed by atoms with van der Waals surface area (Å²) in [5, 5.41) is 21.0. The summed E-state index contributed by atoms with van der Waals surface area (Å²) in [4.78, 5) is 18.7. The van der Waals surface area contributed by atoms with Gasteiger partial charge in [0.25, 0.3) is 5.91 Å². The van der Waals surface area contributed by atoms with Gasteiger partial charge < -0.3 is 14.7 Å². The molecule has 146 valence electrons. The Labute approximate surface area is 162 Å². The molecular formula is C18H23N9O. The largest absolute Gasteiger partial charge is 0.361 e. The third kappa shape index (κ3) is 3.45. The van der Waals surface area contributed by atoms with Crippen LogP contribution < -0.4 is 9.80 Å². The number of fused-ring (bicyclic) bond motifs is 1. The van der Waals surface area contributed by atoms with E-state index in [-0.39, 0.29) is 5.91 Å². The Bertz CT molecular complexity index is 982. The molecule has 3 aromatic rings. The van der Waals surface area contributed by atoms with E-state index in [0.29, 0.717) is 25.3 Å². The molecule has 0 bridgehead atoms. The third-order valence-electron chi connectivity index (χ3n) is 4.84. The number of aromatic nitrogens is 6. The van der Waals surface area contributed by atoms with Gasteiger partial charge >= 0.3 is 0 Å². The molecular weight excluding hydrogens is 358 g/mol. The summed E-state index contributed by atoms with van der Waals surface area (Å²) in [7, 11) is 3.78. The van der Waals surface area contributed by atoms with Gasteiger partial charge in [0.05, 0.1) is 0 Å². The van der Waals surface area contributed by atoms with Crippen LogP contribution in [-0.2, 0) is 0 Å². The van der Waals surface area contributed by atoms with Gasteiger partial charge in [-0.05, 0) is 37.6 Å². The highest BCUT2D eigenvalue weighted by molar-refractivity contribution is 5.92. The number of carbonyl (C=O) groups excluding carboxylic acids is 1. The van der Waals surface area contributed by atoms with Gasteiger partial charge in [-0.1, -0.05) is 0 Å². The van der Waals surface area contributed by atoms with Crippen LogP contribution in [0.15, 0.2) is 24.3 Å². The zero-order valence-electron chi connectivity index (χ0n) is 16.3. The lowest BCUT2D eigenvalue weighted by molar-refractivity contribution is 0.0760. The maximum Gasteiger partial charge on any atom is 0.274 e. The molecule has 0 saturated carbocycles. The molecule has 10 heteroatoms. The zero-order valence-corrected chi connectivity index (χ0v) is 16.3. The lowest BCUT2D eigenvalue weighted by Gasteiger charge is -2.22. The summed E-state index contributed by atoms with van der Waals surface area (Å²) in [6.45, 7) is 4.70. The van der Waals surface area contributed by atoms with Crippen molar-refractivity contribution in [1.82, 2.24) is 34.9 Å². The topological polar surface area (TPSA) is 95.7 Å². The smallest absolute Gasteiger partial charge is 0.274 e. The first-order chi connectivity index (χ1) is 13.5. The monoisotopic (exact) mass is 381 g/mol. The van der Waals surface area contributed by atoms with Gasteiger partial charge in [0.2, 0.25) is 0 Å². The van der Waals surface area contributed by atoms with E-state index in [1.54, 1.807) is 10.6 Å². The first-order valence-electron chi connectivity index (χ1n) is 9.27. The molecule has 0 aromatic carbocycles. The van der Waals surface area contributed by atoms with Crippen LogP contribution in [0.4, 0.5) is 11.6 Å². The summed E-state index contributed by atoms with van der Waals surface area (Å²) in [6, 6.07) is 7.41. The van der Waals surface area contributed by atoms with Gasteiger partial charge in [-0.2, -0.15) is 4.52 Å². The van der Waals surface area contributed by atoms with Crippen molar-refractivity contribution in [3.63, 3.8) is 0 Å². The third-order valence-corrected chi connectivity index (χ3v) is 4.84. The molecule has 0 N–H and O–H groups in total. The van der Waals surface area contributed by atoms with E-state index in [0.717, 1.165) is 36.1 Å². The molecule has 1 amide bonds. The Hall–Kier alpha value is -3.30. The second kappa shape index (κ2) is 7.37. The minimum atomic E-state index is -0.0854. The number of hydrogen-bond acceptors (Lipinski definition) is 8. The van der Waals surface area contributed by atoms with Gasteiger partial charge in [0, 0.05) is 40.3 Å². The molecule has 10 nitrogen and oxygen atoms in total. The van der Waals surface area contributed by atoms with Crippen LogP contribution in [-0.4, -0.2) is 81.1 Å². The standard InChI is InChI=1S/C18H23N9O/c1-13-19-22-16-7-8-17(23-27(13)16)25-9-4-10-26(12-11-25)18(28)14-5-6-15(21-20-14)24(2)3/h5-8H,4,9-12H2,1-3H3. The first kappa shape index (κ1) is 18.1. The van der Waals surface area contributed by atoms with Crippen molar-refractivity contribution in [3.05, 3.63) is 35.8 Å². The minimum absolute atomic E-state index is 0.0854. The molecule has 1 fully saturated rings. The van der Waals surface area contributed by atoms with E-state index in [1.165, 1.54) is 0 Å². The molecule has 1 saturated heterocycles. The molecule has 28 heavy (non-hydrogen) atoms. The van der Waals surface area contributed by atoms with E-state index in [4.69, 9.17) is 0 Å². The van der Waals surface area contributed by atoms with Crippen molar-refractivity contribution in [2.75, 3.05) is 50.1 Å². The van der Waals surface area contributed by atoms with Crippen molar-refractivity contribution in [2.45, 2.75) is 13.3 Å². The van der Waals surface area contributed by atoms with Crippen LogP contribution >= 0.6 is 0 Å². The SMILES string of the molecule is Cc1nnc2ccc(N3CCCN(C(=O)c4ccc(N(C)C)nn4)CC3)nn12. The summed E-state index contributed by atoms with van der Waals surface area (Å²) in [5.41, 5.74) is 1.10. The van der Waals surface area contributed by atoms with E-state index < -0.39 is 0 Å². The normalized spacial score (nSPS) is 15.0.